The lowest BCUT2D eigenvalue weighted by molar-refractivity contribution is -0.946. The van der Waals surface area contributed by atoms with Crippen LogP contribution in [0.1, 0.15) is 116 Å². The first-order valence-corrected chi connectivity index (χ1v) is 14.2. The average molecular weight is 459 g/mol. The molecule has 0 atom stereocenters. The number of hydrogen-bond donors (Lipinski definition) is 2. The molecule has 32 heavy (non-hydrogen) atoms. The molecule has 0 aliphatic carbocycles. The minimum atomic E-state index is 0.359. The van der Waals surface area contributed by atoms with Crippen LogP contribution in [0.5, 0.6) is 0 Å². The van der Waals surface area contributed by atoms with E-state index in [1.54, 1.807) is 0 Å². The summed E-state index contributed by atoms with van der Waals surface area (Å²) in [6.45, 7) is 5.91. The van der Waals surface area contributed by atoms with Crippen molar-refractivity contribution in [2.75, 3.05) is 67.6 Å². The molecule has 0 radical (unpaired) electrons. The zero-order chi connectivity index (χ0) is 24.0. The summed E-state index contributed by atoms with van der Waals surface area (Å²) >= 11 is 0. The van der Waals surface area contributed by atoms with Crippen LogP contribution in [0.25, 0.3) is 0 Å². The summed E-state index contributed by atoms with van der Waals surface area (Å²) in [6.07, 6.45) is 23.5. The Morgan fingerprint density at radius 3 is 0.781 bits per heavy atom. The van der Waals surface area contributed by atoms with Crippen molar-refractivity contribution in [3.63, 3.8) is 0 Å². The fraction of sp³-hybridized carbons (Fsp3) is 1.00. The van der Waals surface area contributed by atoms with Crippen LogP contribution in [0.2, 0.25) is 0 Å². The third-order valence-electron chi connectivity index (χ3n) is 7.15. The smallest absolute Gasteiger partial charge is 0.128 e. The predicted molar refractivity (Wildman–Crippen MR) is 141 cm³/mol. The van der Waals surface area contributed by atoms with E-state index in [-0.39, 0.29) is 0 Å². The van der Waals surface area contributed by atoms with E-state index in [9.17, 15) is 0 Å². The number of quaternary nitrogens is 2. The predicted octanol–water partition coefficient (Wildman–Crippen LogP) is 6.15. The van der Waals surface area contributed by atoms with Crippen molar-refractivity contribution in [1.29, 1.82) is 0 Å². The molecule has 4 heteroatoms. The summed E-state index contributed by atoms with van der Waals surface area (Å²) < 4.78 is 2.33. The van der Waals surface area contributed by atoms with Gasteiger partial charge in [-0.15, -0.1) is 0 Å². The molecule has 0 saturated heterocycles. The third-order valence-corrected chi connectivity index (χ3v) is 7.15. The summed E-state index contributed by atoms with van der Waals surface area (Å²) in [4.78, 5) is 0. The van der Waals surface area contributed by atoms with Gasteiger partial charge >= 0.3 is 0 Å². The molecular formula is C28H62N2O2+2. The first kappa shape index (κ1) is 31.8. The molecule has 0 aliphatic rings. The van der Waals surface area contributed by atoms with E-state index in [4.69, 9.17) is 10.2 Å². The van der Waals surface area contributed by atoms with E-state index in [1.165, 1.54) is 138 Å². The number of nitrogens with zero attached hydrogens (tertiary/aromatic N) is 2. The van der Waals surface area contributed by atoms with Gasteiger partial charge in [-0.1, -0.05) is 77.0 Å². The maximum Gasteiger partial charge on any atom is 0.128 e. The van der Waals surface area contributed by atoms with Crippen LogP contribution in [-0.4, -0.2) is 86.8 Å². The molecule has 0 aromatic carbocycles. The lowest BCUT2D eigenvalue weighted by Gasteiger charge is -2.36. The normalized spacial score (nSPS) is 12.6. The topological polar surface area (TPSA) is 40.5 Å². The Morgan fingerprint density at radius 2 is 0.531 bits per heavy atom. The van der Waals surface area contributed by atoms with Crippen LogP contribution < -0.4 is 0 Å². The maximum atomic E-state index is 8.81. The molecule has 0 aromatic heterocycles. The molecule has 194 valence electrons. The highest BCUT2D eigenvalue weighted by atomic mass is 16.3. The van der Waals surface area contributed by atoms with Gasteiger partial charge in [0.1, 0.15) is 13.1 Å². The first-order valence-electron chi connectivity index (χ1n) is 14.2. The zero-order valence-corrected chi connectivity index (χ0v) is 22.8. The number of unbranched alkanes of at least 4 members (excludes halogenated alkanes) is 16. The quantitative estimate of drug-likeness (QED) is 0.127. The number of hydrogen-bond acceptors (Lipinski definition) is 2. The zero-order valence-electron chi connectivity index (χ0n) is 22.8. The van der Waals surface area contributed by atoms with Crippen molar-refractivity contribution in [3.05, 3.63) is 0 Å². The van der Waals surface area contributed by atoms with Crippen LogP contribution >= 0.6 is 0 Å². The molecular weight excluding hydrogens is 396 g/mol. The third kappa shape index (κ3) is 23.0. The number of rotatable bonds is 25. The fourth-order valence-electron chi connectivity index (χ4n) is 4.54. The molecule has 2 N–H and O–H groups in total. The van der Waals surface area contributed by atoms with Crippen LogP contribution in [-0.2, 0) is 0 Å². The van der Waals surface area contributed by atoms with Gasteiger partial charge < -0.3 is 19.2 Å². The molecule has 0 spiro atoms. The minimum absolute atomic E-state index is 0.359. The van der Waals surface area contributed by atoms with Gasteiger partial charge in [-0.25, -0.2) is 0 Å². The summed E-state index contributed by atoms with van der Waals surface area (Å²) in [5, 5.41) is 17.6. The highest BCUT2D eigenvalue weighted by molar-refractivity contribution is 4.49. The molecule has 0 bridgehead atoms. The lowest BCUT2D eigenvalue weighted by atomic mass is 10.1. The molecule has 0 unspecified atom stereocenters. The van der Waals surface area contributed by atoms with Crippen molar-refractivity contribution in [1.82, 2.24) is 0 Å². The van der Waals surface area contributed by atoms with Gasteiger partial charge in [0.2, 0.25) is 0 Å². The second-order valence-electron chi connectivity index (χ2n) is 11.6. The van der Waals surface area contributed by atoms with Gasteiger partial charge in [0, 0.05) is 13.2 Å². The Labute approximate surface area is 202 Å². The molecule has 0 heterocycles. The molecule has 0 rings (SSSR count). The highest BCUT2D eigenvalue weighted by Crippen LogP contribution is 2.13. The Kier molecular flexibility index (Phi) is 21.3. The molecule has 0 aliphatic heterocycles. The van der Waals surface area contributed by atoms with Crippen molar-refractivity contribution < 1.29 is 19.2 Å². The van der Waals surface area contributed by atoms with Crippen LogP contribution in [0, 0.1) is 0 Å². The van der Waals surface area contributed by atoms with Crippen LogP contribution in [0.3, 0.4) is 0 Å². The van der Waals surface area contributed by atoms with E-state index >= 15 is 0 Å². The van der Waals surface area contributed by atoms with Crippen molar-refractivity contribution >= 4 is 0 Å². The monoisotopic (exact) mass is 458 g/mol. The second-order valence-corrected chi connectivity index (χ2v) is 11.6. The Balaban J connectivity index is 3.63. The fourth-order valence-corrected chi connectivity index (χ4v) is 4.54. The van der Waals surface area contributed by atoms with E-state index in [1.807, 2.05) is 0 Å². The molecule has 0 amide bonds. The molecule has 0 aromatic rings. The summed E-state index contributed by atoms with van der Waals surface area (Å²) in [6, 6.07) is 0. The number of aliphatic hydroxyl groups excluding tert-OH is 2. The van der Waals surface area contributed by atoms with Crippen molar-refractivity contribution in [3.8, 4) is 0 Å². The van der Waals surface area contributed by atoms with E-state index in [0.29, 0.717) is 13.2 Å². The van der Waals surface area contributed by atoms with Crippen molar-refractivity contribution in [2.45, 2.75) is 116 Å². The van der Waals surface area contributed by atoms with Crippen LogP contribution in [0.15, 0.2) is 0 Å². The second kappa shape index (κ2) is 21.4. The first-order chi connectivity index (χ1) is 15.3. The van der Waals surface area contributed by atoms with Gasteiger partial charge in [-0.3, -0.25) is 0 Å². The Bertz CT molecular complexity index is 350. The number of aliphatic hydroxyl groups is 2. The van der Waals surface area contributed by atoms with Gasteiger partial charge in [0.05, 0.1) is 41.3 Å². The largest absolute Gasteiger partial charge is 0.396 e. The van der Waals surface area contributed by atoms with E-state index in [2.05, 4.69) is 28.2 Å². The van der Waals surface area contributed by atoms with Crippen molar-refractivity contribution in [2.24, 2.45) is 0 Å². The van der Waals surface area contributed by atoms with Gasteiger partial charge in [0.15, 0.2) is 0 Å². The average Bonchev–Trinajstić information content (AvgIpc) is 2.75. The van der Waals surface area contributed by atoms with Gasteiger partial charge in [0.25, 0.3) is 0 Å². The molecule has 0 fully saturated rings. The minimum Gasteiger partial charge on any atom is -0.396 e. The maximum absolute atomic E-state index is 8.81. The highest BCUT2D eigenvalue weighted by Gasteiger charge is 2.22. The van der Waals surface area contributed by atoms with E-state index in [0.717, 1.165) is 12.8 Å². The molecule has 4 nitrogen and oxygen atoms in total. The summed E-state index contributed by atoms with van der Waals surface area (Å²) in [5.41, 5.74) is 0. The SMILES string of the molecule is C[N+](C)(CCCCCCCCCCCO)CC[N+](C)(C)CCCCCCCCCCCO. The summed E-state index contributed by atoms with van der Waals surface area (Å²) in [5.74, 6) is 0. The lowest BCUT2D eigenvalue weighted by Crippen LogP contribution is -2.51. The van der Waals surface area contributed by atoms with Gasteiger partial charge in [-0.2, -0.15) is 0 Å². The standard InChI is InChI=1S/C28H62N2O2/c1-29(2,23-19-15-11-7-5-9-13-17-21-27-31)25-26-30(3,4)24-20-16-12-8-6-10-14-18-22-28-32/h31-32H,5-28H2,1-4H3/q+2. The summed E-state index contributed by atoms with van der Waals surface area (Å²) in [7, 11) is 9.67. The Hall–Kier alpha value is -0.160. The van der Waals surface area contributed by atoms with Crippen LogP contribution in [0.4, 0.5) is 0 Å². The number of likely N-dealkylation sites (N-methyl/N-ethyl adjacent to an activating group) is 2. The van der Waals surface area contributed by atoms with E-state index < -0.39 is 0 Å². The van der Waals surface area contributed by atoms with Gasteiger partial charge in [-0.05, 0) is 38.5 Å². The Morgan fingerprint density at radius 1 is 0.312 bits per heavy atom. The molecule has 0 saturated carbocycles.